The van der Waals surface area contributed by atoms with Gasteiger partial charge in [-0.1, -0.05) is 18.2 Å². The van der Waals surface area contributed by atoms with Crippen LogP contribution in [0.5, 0.6) is 0 Å². The van der Waals surface area contributed by atoms with Gasteiger partial charge in [0.05, 0.1) is 5.69 Å². The van der Waals surface area contributed by atoms with E-state index in [1.807, 2.05) is 43.0 Å². The van der Waals surface area contributed by atoms with Gasteiger partial charge in [0.2, 0.25) is 0 Å². The van der Waals surface area contributed by atoms with Crippen molar-refractivity contribution in [3.05, 3.63) is 87.6 Å². The number of imidazole rings is 1. The Hall–Kier alpha value is -3.61. The summed E-state index contributed by atoms with van der Waals surface area (Å²) < 4.78 is 1.57. The van der Waals surface area contributed by atoms with Gasteiger partial charge in [0.1, 0.15) is 0 Å². The zero-order valence-corrected chi connectivity index (χ0v) is 17.7. The summed E-state index contributed by atoms with van der Waals surface area (Å²) in [5, 5.41) is 3.10. The van der Waals surface area contributed by atoms with Crippen LogP contribution in [0, 0.1) is 13.8 Å². The van der Waals surface area contributed by atoms with Crippen LogP contribution < -0.4 is 11.0 Å². The zero-order chi connectivity index (χ0) is 22.0. The fraction of sp³-hybridized carbons (Fsp3) is 0.292. The van der Waals surface area contributed by atoms with Gasteiger partial charge in [-0.2, -0.15) is 0 Å². The van der Waals surface area contributed by atoms with Crippen molar-refractivity contribution in [1.29, 1.82) is 0 Å². The predicted octanol–water partition coefficient (Wildman–Crippen LogP) is 2.82. The standard InChI is InChI=1S/C24H26N4O3/c1-16-5-3-4-6-21(16)22(29)26-19-11-13-27(14-12-19)23(30)18-7-9-20(10-8-18)28-17(2)15-25-24(28)31/h3-10,15,19H,11-14H2,1-2H3,(H,25,31)(H,26,29). The molecule has 2 aromatic carbocycles. The van der Waals surface area contributed by atoms with Gasteiger partial charge in [0.25, 0.3) is 11.8 Å². The Balaban J connectivity index is 1.36. The number of hydrogen-bond donors (Lipinski definition) is 2. The number of rotatable bonds is 4. The fourth-order valence-corrected chi connectivity index (χ4v) is 4.03. The van der Waals surface area contributed by atoms with Gasteiger partial charge in [-0.3, -0.25) is 14.2 Å². The number of amides is 2. The van der Waals surface area contributed by atoms with E-state index >= 15 is 0 Å². The third-order valence-electron chi connectivity index (χ3n) is 5.84. The van der Waals surface area contributed by atoms with E-state index in [4.69, 9.17) is 0 Å². The molecule has 2 N–H and O–H groups in total. The van der Waals surface area contributed by atoms with Crippen molar-refractivity contribution >= 4 is 11.8 Å². The van der Waals surface area contributed by atoms with E-state index in [-0.39, 0.29) is 23.5 Å². The summed E-state index contributed by atoms with van der Waals surface area (Å²) >= 11 is 0. The van der Waals surface area contributed by atoms with Crippen molar-refractivity contribution in [2.24, 2.45) is 0 Å². The van der Waals surface area contributed by atoms with Crippen molar-refractivity contribution in [3.8, 4) is 5.69 Å². The number of piperidine rings is 1. The molecule has 31 heavy (non-hydrogen) atoms. The third-order valence-corrected chi connectivity index (χ3v) is 5.84. The number of aryl methyl sites for hydroxylation is 2. The summed E-state index contributed by atoms with van der Waals surface area (Å²) in [5.41, 5.74) is 3.56. The molecule has 0 bridgehead atoms. The van der Waals surface area contributed by atoms with Crippen LogP contribution in [-0.2, 0) is 0 Å². The van der Waals surface area contributed by atoms with E-state index in [1.165, 1.54) is 0 Å². The topological polar surface area (TPSA) is 87.2 Å². The number of carbonyl (C=O) groups excluding carboxylic acids is 2. The highest BCUT2D eigenvalue weighted by molar-refractivity contribution is 5.96. The van der Waals surface area contributed by atoms with Crippen LogP contribution in [0.15, 0.2) is 59.5 Å². The van der Waals surface area contributed by atoms with Crippen LogP contribution >= 0.6 is 0 Å². The number of benzene rings is 2. The van der Waals surface area contributed by atoms with Gasteiger partial charge >= 0.3 is 5.69 Å². The number of aromatic nitrogens is 2. The molecule has 0 radical (unpaired) electrons. The van der Waals surface area contributed by atoms with Crippen LogP contribution in [0.1, 0.15) is 44.8 Å². The van der Waals surface area contributed by atoms with Gasteiger partial charge in [-0.15, -0.1) is 0 Å². The predicted molar refractivity (Wildman–Crippen MR) is 119 cm³/mol. The van der Waals surface area contributed by atoms with Gasteiger partial charge in [0, 0.05) is 42.1 Å². The molecule has 1 aliphatic heterocycles. The Morgan fingerprint density at radius 1 is 1.00 bits per heavy atom. The molecule has 1 aromatic heterocycles. The normalized spacial score (nSPS) is 14.5. The van der Waals surface area contributed by atoms with E-state index in [2.05, 4.69) is 10.3 Å². The van der Waals surface area contributed by atoms with Crippen molar-refractivity contribution in [2.75, 3.05) is 13.1 Å². The van der Waals surface area contributed by atoms with Gasteiger partial charge in [-0.25, -0.2) is 4.79 Å². The SMILES string of the molecule is Cc1ccccc1C(=O)NC1CCN(C(=O)c2ccc(-n3c(C)c[nH]c3=O)cc2)CC1. The Morgan fingerprint density at radius 2 is 1.68 bits per heavy atom. The second kappa shape index (κ2) is 8.63. The van der Waals surface area contributed by atoms with Crippen LogP contribution in [0.25, 0.3) is 5.69 Å². The largest absolute Gasteiger partial charge is 0.349 e. The lowest BCUT2D eigenvalue weighted by Gasteiger charge is -2.32. The second-order valence-electron chi connectivity index (χ2n) is 7.97. The number of H-pyrrole nitrogens is 1. The first-order chi connectivity index (χ1) is 14.9. The number of aromatic amines is 1. The maximum Gasteiger partial charge on any atom is 0.330 e. The van der Waals surface area contributed by atoms with Crippen molar-refractivity contribution < 1.29 is 9.59 Å². The van der Waals surface area contributed by atoms with Crippen molar-refractivity contribution in [2.45, 2.75) is 32.7 Å². The molecular weight excluding hydrogens is 392 g/mol. The molecule has 0 saturated carbocycles. The molecule has 3 aromatic rings. The summed E-state index contributed by atoms with van der Waals surface area (Å²) in [6.07, 6.45) is 3.10. The minimum absolute atomic E-state index is 0.0339. The van der Waals surface area contributed by atoms with E-state index in [1.54, 1.807) is 35.0 Å². The lowest BCUT2D eigenvalue weighted by atomic mass is 10.0. The van der Waals surface area contributed by atoms with E-state index in [0.717, 1.165) is 29.8 Å². The van der Waals surface area contributed by atoms with Crippen LogP contribution in [0.2, 0.25) is 0 Å². The van der Waals surface area contributed by atoms with Crippen LogP contribution in [-0.4, -0.2) is 45.4 Å². The summed E-state index contributed by atoms with van der Waals surface area (Å²) in [6, 6.07) is 14.7. The smallest absolute Gasteiger partial charge is 0.330 e. The minimum atomic E-state index is -0.202. The number of likely N-dealkylation sites (tertiary alicyclic amines) is 1. The van der Waals surface area contributed by atoms with E-state index < -0.39 is 0 Å². The lowest BCUT2D eigenvalue weighted by molar-refractivity contribution is 0.0698. The molecule has 0 spiro atoms. The number of nitrogens with zero attached hydrogens (tertiary/aromatic N) is 2. The molecule has 1 saturated heterocycles. The molecule has 2 amide bonds. The molecule has 160 valence electrons. The zero-order valence-electron chi connectivity index (χ0n) is 17.7. The highest BCUT2D eigenvalue weighted by Gasteiger charge is 2.25. The maximum atomic E-state index is 12.9. The maximum absolute atomic E-state index is 12.9. The van der Waals surface area contributed by atoms with Crippen molar-refractivity contribution in [1.82, 2.24) is 19.8 Å². The first kappa shape index (κ1) is 20.7. The highest BCUT2D eigenvalue weighted by atomic mass is 16.2. The van der Waals surface area contributed by atoms with E-state index in [0.29, 0.717) is 24.2 Å². The quantitative estimate of drug-likeness (QED) is 0.683. The summed E-state index contributed by atoms with van der Waals surface area (Å²) in [6.45, 7) is 4.96. The Morgan fingerprint density at radius 3 is 2.29 bits per heavy atom. The molecule has 0 aliphatic carbocycles. The molecular formula is C24H26N4O3. The molecule has 1 aliphatic rings. The number of nitrogens with one attached hydrogen (secondary N) is 2. The number of carbonyl (C=O) groups is 2. The molecule has 7 heteroatoms. The second-order valence-corrected chi connectivity index (χ2v) is 7.97. The first-order valence-electron chi connectivity index (χ1n) is 10.5. The lowest BCUT2D eigenvalue weighted by Crippen LogP contribution is -2.46. The van der Waals surface area contributed by atoms with Crippen LogP contribution in [0.4, 0.5) is 0 Å². The number of hydrogen-bond acceptors (Lipinski definition) is 3. The van der Waals surface area contributed by atoms with Gasteiger partial charge < -0.3 is 15.2 Å². The molecule has 0 atom stereocenters. The molecule has 7 nitrogen and oxygen atoms in total. The minimum Gasteiger partial charge on any atom is -0.349 e. The Labute approximate surface area is 180 Å². The summed E-state index contributed by atoms with van der Waals surface area (Å²) in [4.78, 5) is 41.8. The average molecular weight is 418 g/mol. The van der Waals surface area contributed by atoms with Gasteiger partial charge in [-0.05, 0) is 62.6 Å². The summed E-state index contributed by atoms with van der Waals surface area (Å²) in [7, 11) is 0. The van der Waals surface area contributed by atoms with Crippen molar-refractivity contribution in [3.63, 3.8) is 0 Å². The van der Waals surface area contributed by atoms with E-state index in [9.17, 15) is 14.4 Å². The fourth-order valence-electron chi connectivity index (χ4n) is 4.03. The molecule has 1 fully saturated rings. The summed E-state index contributed by atoms with van der Waals surface area (Å²) in [5.74, 6) is -0.0953. The first-order valence-corrected chi connectivity index (χ1v) is 10.5. The molecule has 2 heterocycles. The molecule has 4 rings (SSSR count). The molecule has 0 unspecified atom stereocenters. The Kier molecular flexibility index (Phi) is 5.75. The third kappa shape index (κ3) is 4.30. The highest BCUT2D eigenvalue weighted by Crippen LogP contribution is 2.17. The monoisotopic (exact) mass is 418 g/mol. The average Bonchev–Trinajstić information content (AvgIpc) is 3.12. The van der Waals surface area contributed by atoms with Crippen LogP contribution in [0.3, 0.4) is 0 Å². The van der Waals surface area contributed by atoms with Gasteiger partial charge in [0.15, 0.2) is 0 Å². The Bertz CT molecular complexity index is 1150.